The third-order valence-corrected chi connectivity index (χ3v) is 2.91. The van der Waals surface area contributed by atoms with Gasteiger partial charge in [0.15, 0.2) is 11.5 Å². The van der Waals surface area contributed by atoms with E-state index < -0.39 is 0 Å². The monoisotopic (exact) mass is 321 g/mol. The highest BCUT2D eigenvalue weighted by molar-refractivity contribution is 9.10. The number of pyridine rings is 1. The van der Waals surface area contributed by atoms with Crippen LogP contribution in [0.25, 0.3) is 0 Å². The minimum atomic E-state index is 0.352. The average molecular weight is 322 g/mol. The summed E-state index contributed by atoms with van der Waals surface area (Å²) in [6, 6.07) is 6.96. The first-order valence-corrected chi connectivity index (χ1v) is 6.37. The van der Waals surface area contributed by atoms with Crippen LogP contribution in [0.15, 0.2) is 41.1 Å². The normalized spacial score (nSPS) is 10.0. The zero-order chi connectivity index (χ0) is 13.7. The molecule has 0 amide bonds. The molecule has 0 radical (unpaired) electrons. The van der Waals surface area contributed by atoms with Crippen LogP contribution in [0.3, 0.4) is 0 Å². The second-order valence-electron chi connectivity index (χ2n) is 3.83. The fraction of sp³-hybridized carbons (Fsp3) is 0.143. The molecule has 0 aliphatic rings. The summed E-state index contributed by atoms with van der Waals surface area (Å²) < 4.78 is 11.7. The number of benzene rings is 1. The predicted molar refractivity (Wildman–Crippen MR) is 74.7 cm³/mol. The van der Waals surface area contributed by atoms with Crippen LogP contribution in [0.5, 0.6) is 11.5 Å². The van der Waals surface area contributed by atoms with Crippen molar-refractivity contribution in [3.05, 3.63) is 52.3 Å². The summed E-state index contributed by atoms with van der Waals surface area (Å²) in [5.41, 5.74) is 1.47. The zero-order valence-electron chi connectivity index (χ0n) is 10.3. The fourth-order valence-corrected chi connectivity index (χ4v) is 1.99. The molecule has 2 rings (SSSR count). The molecule has 4 nitrogen and oxygen atoms in total. The van der Waals surface area contributed by atoms with E-state index >= 15 is 0 Å². The maximum Gasteiger partial charge on any atom is 0.162 e. The van der Waals surface area contributed by atoms with Crippen LogP contribution in [-0.2, 0) is 6.61 Å². The van der Waals surface area contributed by atoms with Gasteiger partial charge < -0.3 is 9.47 Å². The topological polar surface area (TPSA) is 48.4 Å². The van der Waals surface area contributed by atoms with Gasteiger partial charge in [0, 0.05) is 28.0 Å². The largest absolute Gasteiger partial charge is 0.493 e. The minimum Gasteiger partial charge on any atom is -0.493 e. The van der Waals surface area contributed by atoms with Crippen LogP contribution in [0.2, 0.25) is 0 Å². The summed E-state index contributed by atoms with van der Waals surface area (Å²) in [4.78, 5) is 14.8. The van der Waals surface area contributed by atoms with Crippen molar-refractivity contribution in [1.29, 1.82) is 0 Å². The molecular formula is C14H12BrNO3. The number of halogens is 1. The number of aromatic nitrogens is 1. The Bertz CT molecular complexity index is 587. The lowest BCUT2D eigenvalue weighted by atomic mass is 10.2. The summed E-state index contributed by atoms with van der Waals surface area (Å²) in [7, 11) is 1.56. The second kappa shape index (κ2) is 6.33. The van der Waals surface area contributed by atoms with E-state index in [0.717, 1.165) is 16.3 Å². The summed E-state index contributed by atoms with van der Waals surface area (Å²) in [5, 5.41) is 0. The van der Waals surface area contributed by atoms with Gasteiger partial charge in [-0.15, -0.1) is 0 Å². The van der Waals surface area contributed by atoms with E-state index in [1.165, 1.54) is 0 Å². The van der Waals surface area contributed by atoms with Crippen molar-refractivity contribution < 1.29 is 14.3 Å². The van der Waals surface area contributed by atoms with Gasteiger partial charge in [-0.3, -0.25) is 9.78 Å². The van der Waals surface area contributed by atoms with Crippen molar-refractivity contribution >= 4 is 22.2 Å². The van der Waals surface area contributed by atoms with Crippen molar-refractivity contribution in [2.45, 2.75) is 6.61 Å². The van der Waals surface area contributed by atoms with Crippen LogP contribution in [-0.4, -0.2) is 18.4 Å². The van der Waals surface area contributed by atoms with Crippen molar-refractivity contribution in [2.75, 3.05) is 7.11 Å². The van der Waals surface area contributed by atoms with Gasteiger partial charge in [-0.2, -0.15) is 0 Å². The maximum absolute atomic E-state index is 10.8. The Kier molecular flexibility index (Phi) is 4.52. The molecule has 1 aromatic heterocycles. The van der Waals surface area contributed by atoms with Gasteiger partial charge in [0.2, 0.25) is 0 Å². The van der Waals surface area contributed by atoms with Gasteiger partial charge in [0.05, 0.1) is 7.11 Å². The summed E-state index contributed by atoms with van der Waals surface area (Å²) in [6.45, 7) is 0.352. The van der Waals surface area contributed by atoms with Gasteiger partial charge in [-0.1, -0.05) is 0 Å². The predicted octanol–water partition coefficient (Wildman–Crippen LogP) is 3.24. The molecule has 0 saturated heterocycles. The highest BCUT2D eigenvalue weighted by atomic mass is 79.9. The molecule has 98 valence electrons. The average Bonchev–Trinajstić information content (AvgIpc) is 2.45. The molecule has 0 spiro atoms. The first-order chi connectivity index (χ1) is 9.22. The second-order valence-corrected chi connectivity index (χ2v) is 4.74. The highest BCUT2D eigenvalue weighted by Gasteiger charge is 2.06. The Morgan fingerprint density at radius 3 is 2.79 bits per heavy atom. The molecule has 0 saturated carbocycles. The smallest absolute Gasteiger partial charge is 0.162 e. The molecule has 1 aromatic carbocycles. The van der Waals surface area contributed by atoms with Crippen molar-refractivity contribution in [1.82, 2.24) is 4.98 Å². The van der Waals surface area contributed by atoms with Crippen LogP contribution in [0.4, 0.5) is 0 Å². The Morgan fingerprint density at radius 1 is 1.26 bits per heavy atom. The summed E-state index contributed by atoms with van der Waals surface area (Å²) >= 11 is 3.35. The maximum atomic E-state index is 10.8. The lowest BCUT2D eigenvalue weighted by Gasteiger charge is -2.11. The summed E-state index contributed by atoms with van der Waals surface area (Å²) in [6.07, 6.45) is 4.20. The van der Waals surface area contributed by atoms with Crippen LogP contribution < -0.4 is 9.47 Å². The quantitative estimate of drug-likeness (QED) is 0.793. The van der Waals surface area contributed by atoms with Crippen LogP contribution >= 0.6 is 15.9 Å². The van der Waals surface area contributed by atoms with Gasteiger partial charge in [-0.05, 0) is 40.2 Å². The van der Waals surface area contributed by atoms with Crippen molar-refractivity contribution in [3.8, 4) is 11.5 Å². The van der Waals surface area contributed by atoms with E-state index in [2.05, 4.69) is 20.9 Å². The number of carbonyl (C=O) groups excluding carboxylic acids is 1. The van der Waals surface area contributed by atoms with Gasteiger partial charge >= 0.3 is 0 Å². The van der Waals surface area contributed by atoms with E-state index in [-0.39, 0.29) is 0 Å². The Morgan fingerprint density at radius 2 is 2.11 bits per heavy atom. The van der Waals surface area contributed by atoms with Gasteiger partial charge in [-0.25, -0.2) is 0 Å². The number of ether oxygens (including phenoxy) is 2. The third-order valence-electron chi connectivity index (χ3n) is 2.48. The molecule has 0 N–H and O–H groups in total. The zero-order valence-corrected chi connectivity index (χ0v) is 11.9. The number of nitrogens with zero attached hydrogens (tertiary/aromatic N) is 1. The number of carbonyl (C=O) groups is 1. The molecule has 0 unspecified atom stereocenters. The molecule has 1 heterocycles. The Hall–Kier alpha value is -1.88. The standard InChI is InChI=1S/C14H12BrNO3/c1-18-13-3-2-10(8-17)5-14(13)19-9-11-4-12(15)7-16-6-11/h2-8H,9H2,1H3. The molecule has 0 aliphatic carbocycles. The summed E-state index contributed by atoms with van der Waals surface area (Å²) in [5.74, 6) is 1.13. The number of aldehydes is 1. The lowest BCUT2D eigenvalue weighted by molar-refractivity contribution is 0.112. The van der Waals surface area contributed by atoms with E-state index in [9.17, 15) is 4.79 Å². The van der Waals surface area contributed by atoms with Gasteiger partial charge in [0.25, 0.3) is 0 Å². The van der Waals surface area contributed by atoms with E-state index in [4.69, 9.17) is 9.47 Å². The van der Waals surface area contributed by atoms with Gasteiger partial charge in [0.1, 0.15) is 12.9 Å². The van der Waals surface area contributed by atoms with Crippen LogP contribution in [0, 0.1) is 0 Å². The fourth-order valence-electron chi connectivity index (χ4n) is 1.58. The third kappa shape index (κ3) is 3.54. The van der Waals surface area contributed by atoms with E-state index in [0.29, 0.717) is 23.7 Å². The number of hydrogen-bond acceptors (Lipinski definition) is 4. The molecule has 0 aliphatic heterocycles. The number of rotatable bonds is 5. The first-order valence-electron chi connectivity index (χ1n) is 5.58. The highest BCUT2D eigenvalue weighted by Crippen LogP contribution is 2.28. The molecule has 0 bridgehead atoms. The molecule has 19 heavy (non-hydrogen) atoms. The minimum absolute atomic E-state index is 0.352. The van der Waals surface area contributed by atoms with E-state index in [1.807, 2.05) is 6.07 Å². The number of hydrogen-bond donors (Lipinski definition) is 0. The van der Waals surface area contributed by atoms with Crippen molar-refractivity contribution in [2.24, 2.45) is 0 Å². The molecule has 0 atom stereocenters. The molecule has 2 aromatic rings. The number of methoxy groups -OCH3 is 1. The molecule has 0 fully saturated rings. The Labute approximate surface area is 119 Å². The van der Waals surface area contributed by atoms with E-state index in [1.54, 1.807) is 37.7 Å². The lowest BCUT2D eigenvalue weighted by Crippen LogP contribution is -1.99. The molecule has 5 heteroatoms. The molecular weight excluding hydrogens is 310 g/mol. The van der Waals surface area contributed by atoms with Crippen LogP contribution in [0.1, 0.15) is 15.9 Å². The first kappa shape index (κ1) is 13.5. The SMILES string of the molecule is COc1ccc(C=O)cc1OCc1cncc(Br)c1. The van der Waals surface area contributed by atoms with Crippen molar-refractivity contribution in [3.63, 3.8) is 0 Å². The Balaban J connectivity index is 2.16.